The van der Waals surface area contributed by atoms with E-state index in [1.807, 2.05) is 0 Å². The van der Waals surface area contributed by atoms with Crippen molar-refractivity contribution in [3.63, 3.8) is 0 Å². The van der Waals surface area contributed by atoms with E-state index < -0.39 is 11.9 Å². The Morgan fingerprint density at radius 2 is 1.20 bits per heavy atom. The van der Waals surface area contributed by atoms with E-state index >= 15 is 0 Å². The first-order chi connectivity index (χ1) is 11.9. The van der Waals surface area contributed by atoms with Crippen molar-refractivity contribution < 1.29 is 29.4 Å². The van der Waals surface area contributed by atoms with Gasteiger partial charge in [-0.3, -0.25) is 29.0 Å². The van der Waals surface area contributed by atoms with Crippen molar-refractivity contribution in [1.82, 2.24) is 20.4 Å². The minimum atomic E-state index is -1.08. The van der Waals surface area contributed by atoms with Crippen molar-refractivity contribution in [3.8, 4) is 0 Å². The minimum Gasteiger partial charge on any atom is -0.480 e. The number of carboxylic acid groups (broad SMARTS) is 2. The van der Waals surface area contributed by atoms with E-state index in [4.69, 9.17) is 10.2 Å². The van der Waals surface area contributed by atoms with Gasteiger partial charge in [0.05, 0.1) is 26.2 Å². The van der Waals surface area contributed by atoms with Gasteiger partial charge in [0, 0.05) is 26.2 Å². The highest BCUT2D eigenvalue weighted by atomic mass is 16.4. The molecule has 1 aliphatic rings. The molecule has 10 heteroatoms. The molecule has 0 aliphatic carbocycles. The average Bonchev–Trinajstić information content (AvgIpc) is 2.50. The summed E-state index contributed by atoms with van der Waals surface area (Å²) in [6, 6.07) is 0. The van der Waals surface area contributed by atoms with Crippen LogP contribution < -0.4 is 10.6 Å². The van der Waals surface area contributed by atoms with Crippen molar-refractivity contribution in [2.45, 2.75) is 19.3 Å². The van der Waals surface area contributed by atoms with Crippen LogP contribution in [0.2, 0.25) is 0 Å². The normalized spacial score (nSPS) is 20.0. The van der Waals surface area contributed by atoms with Crippen LogP contribution in [0.25, 0.3) is 0 Å². The van der Waals surface area contributed by atoms with Crippen molar-refractivity contribution in [2.75, 3.05) is 52.4 Å². The first-order valence-corrected chi connectivity index (χ1v) is 8.28. The molecule has 142 valence electrons. The zero-order valence-electron chi connectivity index (χ0n) is 14.2. The number of hydrogen-bond acceptors (Lipinski definition) is 6. The Labute approximate surface area is 146 Å². The standard InChI is InChI=1S/C15H26N4O6/c20-12-8-18(10-14(22)23)6-7-19(11-15(24)25)9-13(21)17-5-3-1-2-4-16-12/h1-11H2,(H,16,20)(H,17,21)(H,22,23)(H,24,25). The van der Waals surface area contributed by atoms with Gasteiger partial charge >= 0.3 is 11.9 Å². The molecule has 0 atom stereocenters. The molecule has 0 aromatic heterocycles. The van der Waals surface area contributed by atoms with E-state index in [2.05, 4.69) is 10.6 Å². The molecule has 1 heterocycles. The zero-order valence-corrected chi connectivity index (χ0v) is 14.2. The summed E-state index contributed by atoms with van der Waals surface area (Å²) < 4.78 is 0. The smallest absolute Gasteiger partial charge is 0.317 e. The average molecular weight is 358 g/mol. The fourth-order valence-corrected chi connectivity index (χ4v) is 2.49. The summed E-state index contributed by atoms with van der Waals surface area (Å²) in [6.45, 7) is 0.498. The van der Waals surface area contributed by atoms with Gasteiger partial charge < -0.3 is 20.8 Å². The minimum absolute atomic E-state index is 0.0839. The summed E-state index contributed by atoms with van der Waals surface area (Å²) in [5.41, 5.74) is 0. The van der Waals surface area contributed by atoms with Crippen LogP contribution in [0, 0.1) is 0 Å². The van der Waals surface area contributed by atoms with Gasteiger partial charge in [-0.2, -0.15) is 0 Å². The van der Waals surface area contributed by atoms with Gasteiger partial charge in [-0.25, -0.2) is 0 Å². The maximum Gasteiger partial charge on any atom is 0.317 e. The molecule has 25 heavy (non-hydrogen) atoms. The number of aliphatic carboxylic acids is 2. The Bertz CT molecular complexity index is 443. The Hall–Kier alpha value is -2.20. The van der Waals surface area contributed by atoms with E-state index in [0.29, 0.717) is 13.1 Å². The Morgan fingerprint density at radius 1 is 0.800 bits per heavy atom. The predicted octanol–water partition coefficient (Wildman–Crippen LogP) is -1.82. The summed E-state index contributed by atoms with van der Waals surface area (Å²) in [5.74, 6) is -2.69. The molecule has 2 amide bonds. The van der Waals surface area contributed by atoms with Crippen LogP contribution in [0.5, 0.6) is 0 Å². The Kier molecular flexibility index (Phi) is 9.48. The molecule has 4 N–H and O–H groups in total. The second-order valence-electron chi connectivity index (χ2n) is 5.97. The molecule has 0 spiro atoms. The number of carboxylic acids is 2. The predicted molar refractivity (Wildman–Crippen MR) is 88.0 cm³/mol. The first-order valence-electron chi connectivity index (χ1n) is 8.28. The van der Waals surface area contributed by atoms with Crippen LogP contribution in [0.4, 0.5) is 0 Å². The monoisotopic (exact) mass is 358 g/mol. The third-order valence-electron chi connectivity index (χ3n) is 3.68. The zero-order chi connectivity index (χ0) is 18.7. The summed E-state index contributed by atoms with van der Waals surface area (Å²) >= 11 is 0. The number of carbonyl (C=O) groups excluding carboxylic acids is 2. The quantitative estimate of drug-likeness (QED) is 0.460. The number of carbonyl (C=O) groups is 4. The molecule has 0 saturated carbocycles. The van der Waals surface area contributed by atoms with E-state index in [-0.39, 0.29) is 51.1 Å². The van der Waals surface area contributed by atoms with Crippen LogP contribution in [0.3, 0.4) is 0 Å². The maximum atomic E-state index is 11.9. The highest BCUT2D eigenvalue weighted by Crippen LogP contribution is 1.97. The van der Waals surface area contributed by atoms with E-state index in [0.717, 1.165) is 19.3 Å². The number of rotatable bonds is 4. The van der Waals surface area contributed by atoms with Crippen LogP contribution in [-0.2, 0) is 19.2 Å². The van der Waals surface area contributed by atoms with E-state index in [9.17, 15) is 19.2 Å². The van der Waals surface area contributed by atoms with E-state index in [1.165, 1.54) is 9.80 Å². The topological polar surface area (TPSA) is 139 Å². The second kappa shape index (κ2) is 11.4. The highest BCUT2D eigenvalue weighted by molar-refractivity contribution is 5.79. The largest absolute Gasteiger partial charge is 0.480 e. The third kappa shape index (κ3) is 10.3. The summed E-state index contributed by atoms with van der Waals surface area (Å²) in [7, 11) is 0. The van der Waals surface area contributed by atoms with Gasteiger partial charge in [0.2, 0.25) is 11.8 Å². The number of hydrogen-bond donors (Lipinski definition) is 4. The fourth-order valence-electron chi connectivity index (χ4n) is 2.49. The first kappa shape index (κ1) is 20.8. The number of amides is 2. The Balaban J connectivity index is 2.75. The fraction of sp³-hybridized carbons (Fsp3) is 0.733. The lowest BCUT2D eigenvalue weighted by Gasteiger charge is -2.25. The van der Waals surface area contributed by atoms with Gasteiger partial charge in [0.1, 0.15) is 0 Å². The van der Waals surface area contributed by atoms with Crippen LogP contribution >= 0.6 is 0 Å². The molecule has 0 aromatic rings. The molecule has 1 aliphatic heterocycles. The summed E-state index contributed by atoms with van der Waals surface area (Å²) in [6.07, 6.45) is 2.37. The van der Waals surface area contributed by atoms with Crippen molar-refractivity contribution in [1.29, 1.82) is 0 Å². The van der Waals surface area contributed by atoms with Crippen LogP contribution in [0.15, 0.2) is 0 Å². The van der Waals surface area contributed by atoms with Crippen molar-refractivity contribution >= 4 is 23.8 Å². The lowest BCUT2D eigenvalue weighted by Crippen LogP contribution is -2.46. The molecule has 10 nitrogen and oxygen atoms in total. The molecular formula is C15H26N4O6. The van der Waals surface area contributed by atoms with Crippen LogP contribution in [0.1, 0.15) is 19.3 Å². The third-order valence-corrected chi connectivity index (χ3v) is 3.68. The van der Waals surface area contributed by atoms with Gasteiger partial charge in [0.25, 0.3) is 0 Å². The molecule has 0 radical (unpaired) electrons. The SMILES string of the molecule is O=C(O)CN1CCN(CC(=O)O)CC(=O)NCCCCCNC(=O)C1. The van der Waals surface area contributed by atoms with Gasteiger partial charge in [0.15, 0.2) is 0 Å². The molecule has 0 unspecified atom stereocenters. The van der Waals surface area contributed by atoms with Gasteiger partial charge in [-0.15, -0.1) is 0 Å². The highest BCUT2D eigenvalue weighted by Gasteiger charge is 2.18. The molecule has 0 aromatic carbocycles. The van der Waals surface area contributed by atoms with Gasteiger partial charge in [-0.05, 0) is 19.3 Å². The summed E-state index contributed by atoms with van der Waals surface area (Å²) in [5, 5.41) is 23.4. The number of nitrogens with one attached hydrogen (secondary N) is 2. The molecular weight excluding hydrogens is 332 g/mol. The van der Waals surface area contributed by atoms with Crippen molar-refractivity contribution in [3.05, 3.63) is 0 Å². The lowest BCUT2D eigenvalue weighted by molar-refractivity contribution is -0.141. The van der Waals surface area contributed by atoms with Crippen molar-refractivity contribution in [2.24, 2.45) is 0 Å². The molecule has 0 bridgehead atoms. The van der Waals surface area contributed by atoms with Crippen LogP contribution in [-0.4, -0.2) is 96.1 Å². The summed E-state index contributed by atoms with van der Waals surface area (Å²) in [4.78, 5) is 48.6. The van der Waals surface area contributed by atoms with Gasteiger partial charge in [-0.1, -0.05) is 0 Å². The van der Waals surface area contributed by atoms with E-state index in [1.54, 1.807) is 0 Å². The molecule has 1 rings (SSSR count). The molecule has 1 saturated heterocycles. The maximum absolute atomic E-state index is 11.9. The second-order valence-corrected chi connectivity index (χ2v) is 5.97. The Morgan fingerprint density at radius 3 is 1.56 bits per heavy atom. The lowest BCUT2D eigenvalue weighted by atomic mass is 10.2. The molecule has 1 fully saturated rings. The number of nitrogens with zero attached hydrogens (tertiary/aromatic N) is 2.